The van der Waals surface area contributed by atoms with Gasteiger partial charge in [-0.2, -0.15) is 4.98 Å². The van der Waals surface area contributed by atoms with Crippen molar-refractivity contribution < 1.29 is 18.3 Å². The number of hydrogen-bond donors (Lipinski definition) is 2. The van der Waals surface area contributed by atoms with E-state index < -0.39 is 18.6 Å². The number of ether oxygens (including phenoxy) is 2. The smallest absolute Gasteiger partial charge is 0.272 e. The van der Waals surface area contributed by atoms with Gasteiger partial charge in [-0.1, -0.05) is 0 Å². The second-order valence-corrected chi connectivity index (χ2v) is 7.00. The topological polar surface area (TPSA) is 106 Å². The molecule has 168 valence electrons. The third kappa shape index (κ3) is 4.36. The average molecular weight is 451 g/mol. The zero-order chi connectivity index (χ0) is 23.5. The summed E-state index contributed by atoms with van der Waals surface area (Å²) < 4.78 is 38.1. The first kappa shape index (κ1) is 21.9. The second kappa shape index (κ2) is 9.03. The molecule has 3 aromatic heterocycles. The van der Waals surface area contributed by atoms with E-state index in [9.17, 15) is 13.6 Å². The van der Waals surface area contributed by atoms with Crippen molar-refractivity contribution in [3.8, 4) is 28.4 Å². The summed E-state index contributed by atoms with van der Waals surface area (Å²) >= 11 is 0. The normalized spacial score (nSPS) is 11.0. The Balaban J connectivity index is 1.98. The molecule has 0 saturated heterocycles. The average Bonchev–Trinajstić information content (AvgIpc) is 2.83. The van der Waals surface area contributed by atoms with Crippen LogP contribution in [-0.2, 0) is 0 Å². The molecule has 4 rings (SSSR count). The SMILES string of the molecule is COc1ccc(-n2c(=O)c(-c3ccc(=N)n(C=N)c3)cc3ccc(OCC(F)F)nc32)cc1. The Morgan fingerprint density at radius 2 is 1.88 bits per heavy atom. The standard InChI is InChI=1S/C23H19F2N5O3/c1-32-17-6-4-16(5-7-17)30-22-14(3-9-21(28-22)33-12-19(24)25)10-18(23(30)31)15-2-8-20(27)29(11-15)13-26/h2-11,13,19,26-27H,12H2,1H3. The molecule has 0 unspecified atom stereocenters. The lowest BCUT2D eigenvalue weighted by Gasteiger charge is -2.14. The summed E-state index contributed by atoms with van der Waals surface area (Å²) in [6.45, 7) is -0.813. The summed E-state index contributed by atoms with van der Waals surface area (Å²) in [7, 11) is 1.53. The lowest BCUT2D eigenvalue weighted by Crippen LogP contribution is -2.23. The largest absolute Gasteiger partial charge is 0.497 e. The summed E-state index contributed by atoms with van der Waals surface area (Å²) in [6.07, 6.45) is -0.165. The number of halogens is 2. The quantitative estimate of drug-likeness (QED) is 0.332. The Bertz CT molecular complexity index is 1450. The van der Waals surface area contributed by atoms with Crippen molar-refractivity contribution in [3.63, 3.8) is 0 Å². The van der Waals surface area contributed by atoms with Gasteiger partial charge in [0.25, 0.3) is 12.0 Å². The molecule has 10 heteroatoms. The molecule has 3 heterocycles. The van der Waals surface area contributed by atoms with E-state index in [1.807, 2.05) is 0 Å². The van der Waals surface area contributed by atoms with Crippen LogP contribution in [0.4, 0.5) is 8.78 Å². The Kier molecular flexibility index (Phi) is 5.99. The Hall–Kier alpha value is -4.34. The number of nitrogens with one attached hydrogen (secondary N) is 2. The van der Waals surface area contributed by atoms with Gasteiger partial charge >= 0.3 is 0 Å². The van der Waals surface area contributed by atoms with Crippen LogP contribution >= 0.6 is 0 Å². The number of alkyl halides is 2. The molecule has 0 aliphatic carbocycles. The van der Waals surface area contributed by atoms with Gasteiger partial charge in [0.05, 0.1) is 19.1 Å². The summed E-state index contributed by atoms with van der Waals surface area (Å²) in [5, 5.41) is 15.9. The van der Waals surface area contributed by atoms with Gasteiger partial charge in [0.1, 0.15) is 11.2 Å². The highest BCUT2D eigenvalue weighted by atomic mass is 19.3. The zero-order valence-corrected chi connectivity index (χ0v) is 17.5. The van der Waals surface area contributed by atoms with Crippen LogP contribution in [0.1, 0.15) is 0 Å². The Morgan fingerprint density at radius 1 is 1.12 bits per heavy atom. The molecule has 0 fully saturated rings. The predicted molar refractivity (Wildman–Crippen MR) is 119 cm³/mol. The number of aromatic nitrogens is 3. The lowest BCUT2D eigenvalue weighted by molar-refractivity contribution is 0.0797. The number of benzene rings is 1. The molecule has 0 aliphatic heterocycles. The van der Waals surface area contributed by atoms with E-state index in [2.05, 4.69) is 4.98 Å². The molecule has 1 aromatic carbocycles. The van der Waals surface area contributed by atoms with Gasteiger partial charge in [-0.25, -0.2) is 8.78 Å². The minimum atomic E-state index is -2.66. The first-order valence-corrected chi connectivity index (χ1v) is 9.81. The number of nitrogens with zero attached hydrogens (tertiary/aromatic N) is 3. The fraction of sp³-hybridized carbons (Fsp3) is 0.130. The van der Waals surface area contributed by atoms with Gasteiger partial charge in [-0.15, -0.1) is 0 Å². The van der Waals surface area contributed by atoms with Crippen LogP contribution in [0.15, 0.2) is 65.6 Å². The fourth-order valence-corrected chi connectivity index (χ4v) is 3.36. The third-order valence-corrected chi connectivity index (χ3v) is 4.94. The van der Waals surface area contributed by atoms with E-state index in [4.69, 9.17) is 20.3 Å². The van der Waals surface area contributed by atoms with Crippen molar-refractivity contribution >= 4 is 17.4 Å². The molecule has 0 bridgehead atoms. The maximum Gasteiger partial charge on any atom is 0.272 e. The van der Waals surface area contributed by atoms with Gasteiger partial charge in [0, 0.05) is 28.8 Å². The van der Waals surface area contributed by atoms with E-state index in [0.717, 1.165) is 6.34 Å². The van der Waals surface area contributed by atoms with Gasteiger partial charge in [-0.3, -0.25) is 24.7 Å². The van der Waals surface area contributed by atoms with E-state index in [-0.39, 0.29) is 17.0 Å². The van der Waals surface area contributed by atoms with Crippen molar-refractivity contribution in [2.24, 2.45) is 0 Å². The molecule has 8 nitrogen and oxygen atoms in total. The van der Waals surface area contributed by atoms with Crippen LogP contribution in [0.2, 0.25) is 0 Å². The minimum Gasteiger partial charge on any atom is -0.497 e. The van der Waals surface area contributed by atoms with E-state index >= 15 is 0 Å². The van der Waals surface area contributed by atoms with E-state index in [1.54, 1.807) is 42.5 Å². The van der Waals surface area contributed by atoms with Crippen molar-refractivity contribution in [1.29, 1.82) is 10.8 Å². The maximum atomic E-state index is 13.6. The summed E-state index contributed by atoms with van der Waals surface area (Å²) in [4.78, 5) is 17.9. The first-order chi connectivity index (χ1) is 15.9. The lowest BCUT2D eigenvalue weighted by atomic mass is 10.1. The Morgan fingerprint density at radius 3 is 2.55 bits per heavy atom. The molecule has 2 N–H and O–H groups in total. The number of pyridine rings is 3. The molecular formula is C23H19F2N5O3. The van der Waals surface area contributed by atoms with Crippen LogP contribution in [0, 0.1) is 10.8 Å². The first-order valence-electron chi connectivity index (χ1n) is 9.81. The molecule has 33 heavy (non-hydrogen) atoms. The minimum absolute atomic E-state index is 0.0302. The molecule has 0 aliphatic rings. The van der Waals surface area contributed by atoms with Gasteiger partial charge in [0.15, 0.2) is 12.3 Å². The third-order valence-electron chi connectivity index (χ3n) is 4.94. The molecule has 0 atom stereocenters. The summed E-state index contributed by atoms with van der Waals surface area (Å²) in [5.41, 5.74) is 1.22. The van der Waals surface area contributed by atoms with Crippen molar-refractivity contribution in [1.82, 2.24) is 14.1 Å². The van der Waals surface area contributed by atoms with Crippen molar-refractivity contribution in [2.75, 3.05) is 13.7 Å². The van der Waals surface area contributed by atoms with Gasteiger partial charge in [0.2, 0.25) is 5.88 Å². The molecule has 0 spiro atoms. The van der Waals surface area contributed by atoms with E-state index in [0.29, 0.717) is 28.0 Å². The monoisotopic (exact) mass is 451 g/mol. The Labute approximate surface area is 186 Å². The van der Waals surface area contributed by atoms with E-state index in [1.165, 1.54) is 34.6 Å². The second-order valence-electron chi connectivity index (χ2n) is 7.00. The molecule has 0 radical (unpaired) electrons. The molecule has 0 amide bonds. The van der Waals surface area contributed by atoms with Crippen LogP contribution < -0.4 is 20.5 Å². The highest BCUT2D eigenvalue weighted by Gasteiger charge is 2.16. The fourth-order valence-electron chi connectivity index (χ4n) is 3.36. The molecule has 0 saturated carbocycles. The molecular weight excluding hydrogens is 432 g/mol. The van der Waals surface area contributed by atoms with Gasteiger partial charge < -0.3 is 9.47 Å². The number of hydrogen-bond acceptors (Lipinski definition) is 6. The van der Waals surface area contributed by atoms with Gasteiger partial charge in [-0.05, 0) is 48.5 Å². The van der Waals surface area contributed by atoms with Crippen molar-refractivity contribution in [2.45, 2.75) is 6.43 Å². The van der Waals surface area contributed by atoms with Crippen LogP contribution in [0.3, 0.4) is 0 Å². The maximum absolute atomic E-state index is 13.6. The number of rotatable bonds is 7. The van der Waals surface area contributed by atoms with Crippen LogP contribution in [-0.4, -0.2) is 40.6 Å². The van der Waals surface area contributed by atoms with Crippen molar-refractivity contribution in [3.05, 3.63) is 76.6 Å². The van der Waals surface area contributed by atoms with Crippen LogP contribution in [0.25, 0.3) is 27.8 Å². The summed E-state index contributed by atoms with van der Waals surface area (Å²) in [6, 6.07) is 14.6. The molecule has 4 aromatic rings. The highest BCUT2D eigenvalue weighted by Crippen LogP contribution is 2.25. The van der Waals surface area contributed by atoms with Crippen LogP contribution in [0.5, 0.6) is 11.6 Å². The zero-order valence-electron chi connectivity index (χ0n) is 17.5. The summed E-state index contributed by atoms with van der Waals surface area (Å²) in [5.74, 6) is 0.566. The number of fused-ring (bicyclic) bond motifs is 1. The highest BCUT2D eigenvalue weighted by molar-refractivity contribution is 5.83. The predicted octanol–water partition coefficient (Wildman–Crippen LogP) is 3.44. The number of methoxy groups -OCH3 is 1.